The van der Waals surface area contributed by atoms with Crippen molar-refractivity contribution in [1.29, 1.82) is 0 Å². The third-order valence-electron chi connectivity index (χ3n) is 3.12. The Labute approximate surface area is 116 Å². The van der Waals surface area contributed by atoms with Crippen LogP contribution < -0.4 is 5.73 Å². The molecule has 19 heavy (non-hydrogen) atoms. The molecular weight excluding hydrogens is 240 g/mol. The molecule has 0 spiro atoms. The van der Waals surface area contributed by atoms with Crippen molar-refractivity contribution in [2.45, 2.75) is 53.0 Å². The van der Waals surface area contributed by atoms with Crippen LogP contribution in [-0.2, 0) is 24.1 Å². The molecule has 0 aliphatic rings. The van der Waals surface area contributed by atoms with Crippen LogP contribution in [0, 0.1) is 5.92 Å². The van der Waals surface area contributed by atoms with E-state index in [4.69, 9.17) is 10.5 Å². The van der Waals surface area contributed by atoms with Gasteiger partial charge >= 0.3 is 0 Å². The number of rotatable bonds is 10. The van der Waals surface area contributed by atoms with Gasteiger partial charge in [-0.1, -0.05) is 19.1 Å². The van der Waals surface area contributed by atoms with Gasteiger partial charge in [0.05, 0.1) is 11.4 Å². The topological polar surface area (TPSA) is 66.0 Å². The molecule has 0 saturated heterocycles. The fraction of sp³-hybridized carbons (Fsp3) is 0.857. The van der Waals surface area contributed by atoms with Gasteiger partial charge in [-0.15, -0.1) is 5.10 Å². The molecule has 0 radical (unpaired) electrons. The van der Waals surface area contributed by atoms with Crippen LogP contribution in [0.5, 0.6) is 0 Å². The minimum atomic E-state index is 0.631. The van der Waals surface area contributed by atoms with Crippen molar-refractivity contribution < 1.29 is 4.74 Å². The van der Waals surface area contributed by atoms with E-state index in [1.165, 1.54) is 5.69 Å². The Hall–Kier alpha value is -0.940. The zero-order valence-corrected chi connectivity index (χ0v) is 12.6. The first-order chi connectivity index (χ1) is 9.19. The van der Waals surface area contributed by atoms with Crippen molar-refractivity contribution in [1.82, 2.24) is 15.0 Å². The molecular formula is C14H28N4O. The highest BCUT2D eigenvalue weighted by molar-refractivity contribution is 5.11. The first-order valence-corrected chi connectivity index (χ1v) is 7.38. The zero-order valence-electron chi connectivity index (χ0n) is 12.6. The maximum Gasteiger partial charge on any atom is 0.0871 e. The number of nitrogens with zero attached hydrogens (tertiary/aromatic N) is 3. The average Bonchev–Trinajstić information content (AvgIpc) is 2.75. The van der Waals surface area contributed by atoms with E-state index in [1.54, 1.807) is 0 Å². The number of aromatic nitrogens is 3. The molecule has 1 rings (SSSR count). The minimum absolute atomic E-state index is 0.631. The summed E-state index contributed by atoms with van der Waals surface area (Å²) < 4.78 is 7.40. The van der Waals surface area contributed by atoms with Crippen LogP contribution >= 0.6 is 0 Å². The molecule has 5 heteroatoms. The maximum atomic E-state index is 5.64. The second-order valence-corrected chi connectivity index (χ2v) is 5.23. The van der Waals surface area contributed by atoms with Crippen molar-refractivity contribution in [2.24, 2.45) is 11.7 Å². The van der Waals surface area contributed by atoms with Gasteiger partial charge in [-0.3, -0.25) is 0 Å². The van der Waals surface area contributed by atoms with Crippen molar-refractivity contribution in [2.75, 3.05) is 19.8 Å². The molecule has 0 atom stereocenters. The summed E-state index contributed by atoms with van der Waals surface area (Å²) in [5.74, 6) is 0.692. The Morgan fingerprint density at radius 2 is 2.11 bits per heavy atom. The molecule has 0 aromatic carbocycles. The largest absolute Gasteiger partial charge is 0.382 e. The zero-order chi connectivity index (χ0) is 14.1. The van der Waals surface area contributed by atoms with Gasteiger partial charge in [-0.25, -0.2) is 4.68 Å². The number of aryl methyl sites for hydroxylation is 1. The van der Waals surface area contributed by atoms with Gasteiger partial charge in [0.2, 0.25) is 0 Å². The highest BCUT2D eigenvalue weighted by Crippen LogP contribution is 2.13. The van der Waals surface area contributed by atoms with E-state index < -0.39 is 0 Å². The average molecular weight is 268 g/mol. The van der Waals surface area contributed by atoms with E-state index in [2.05, 4.69) is 24.2 Å². The highest BCUT2D eigenvalue weighted by Gasteiger charge is 2.12. The summed E-state index contributed by atoms with van der Waals surface area (Å²) in [5.41, 5.74) is 7.97. The van der Waals surface area contributed by atoms with Crippen LogP contribution in [-0.4, -0.2) is 34.8 Å². The van der Waals surface area contributed by atoms with E-state index in [0.717, 1.165) is 51.1 Å². The molecule has 1 heterocycles. The fourth-order valence-corrected chi connectivity index (χ4v) is 2.04. The second-order valence-electron chi connectivity index (χ2n) is 5.23. The Morgan fingerprint density at radius 1 is 1.32 bits per heavy atom. The van der Waals surface area contributed by atoms with Crippen LogP contribution in [0.2, 0.25) is 0 Å². The minimum Gasteiger partial charge on any atom is -0.382 e. The smallest absolute Gasteiger partial charge is 0.0871 e. The van der Waals surface area contributed by atoms with E-state index in [9.17, 15) is 0 Å². The number of nitrogens with two attached hydrogens (primary N) is 1. The molecule has 2 N–H and O–H groups in total. The third-order valence-corrected chi connectivity index (χ3v) is 3.12. The number of hydrogen-bond donors (Lipinski definition) is 1. The quantitative estimate of drug-likeness (QED) is 0.657. The van der Waals surface area contributed by atoms with Crippen LogP contribution in [0.4, 0.5) is 0 Å². The molecule has 1 aromatic heterocycles. The molecule has 0 fully saturated rings. The molecule has 0 amide bonds. The number of hydrogen-bond acceptors (Lipinski definition) is 4. The van der Waals surface area contributed by atoms with E-state index >= 15 is 0 Å². The fourth-order valence-electron chi connectivity index (χ4n) is 2.04. The van der Waals surface area contributed by atoms with Crippen LogP contribution in [0.15, 0.2) is 0 Å². The molecule has 110 valence electrons. The normalized spacial score (nSPS) is 11.4. The first kappa shape index (κ1) is 16.1. The lowest BCUT2D eigenvalue weighted by Crippen LogP contribution is -2.11. The molecule has 0 aliphatic heterocycles. The van der Waals surface area contributed by atoms with E-state index in [1.807, 2.05) is 11.6 Å². The molecule has 0 unspecified atom stereocenters. The standard InChI is InChI=1S/C14H28N4O/c1-4-19-11-5-10-18-14(7-6-12(2)3)13(8-9-15)16-17-18/h12H,4-11,15H2,1-3H3. The summed E-state index contributed by atoms with van der Waals surface area (Å²) >= 11 is 0. The Balaban J connectivity index is 2.61. The monoisotopic (exact) mass is 268 g/mol. The Bertz CT molecular complexity index is 349. The van der Waals surface area contributed by atoms with Crippen molar-refractivity contribution in [3.8, 4) is 0 Å². The Morgan fingerprint density at radius 3 is 2.74 bits per heavy atom. The van der Waals surface area contributed by atoms with Crippen molar-refractivity contribution in [3.05, 3.63) is 11.4 Å². The van der Waals surface area contributed by atoms with Gasteiger partial charge in [0.25, 0.3) is 0 Å². The lowest BCUT2D eigenvalue weighted by molar-refractivity contribution is 0.140. The lowest BCUT2D eigenvalue weighted by atomic mass is 10.0. The lowest BCUT2D eigenvalue weighted by Gasteiger charge is -2.09. The van der Waals surface area contributed by atoms with Gasteiger partial charge in [0, 0.05) is 26.2 Å². The summed E-state index contributed by atoms with van der Waals surface area (Å²) in [5, 5.41) is 8.54. The van der Waals surface area contributed by atoms with E-state index in [0.29, 0.717) is 12.5 Å². The molecule has 1 aromatic rings. The summed E-state index contributed by atoms with van der Waals surface area (Å²) in [6, 6.07) is 0. The predicted octanol–water partition coefficient (Wildman–Crippen LogP) is 1.79. The summed E-state index contributed by atoms with van der Waals surface area (Å²) in [6.45, 7) is 9.57. The van der Waals surface area contributed by atoms with Gasteiger partial charge < -0.3 is 10.5 Å². The summed E-state index contributed by atoms with van der Waals surface area (Å²) in [6.07, 6.45) is 4.00. The van der Waals surface area contributed by atoms with Crippen LogP contribution in [0.1, 0.15) is 45.0 Å². The van der Waals surface area contributed by atoms with Gasteiger partial charge in [-0.2, -0.15) is 0 Å². The molecule has 0 saturated carbocycles. The van der Waals surface area contributed by atoms with Gasteiger partial charge in [0.1, 0.15) is 0 Å². The SMILES string of the molecule is CCOCCCn1nnc(CCN)c1CCC(C)C. The number of ether oxygens (including phenoxy) is 1. The summed E-state index contributed by atoms with van der Waals surface area (Å²) in [7, 11) is 0. The van der Waals surface area contributed by atoms with E-state index in [-0.39, 0.29) is 0 Å². The van der Waals surface area contributed by atoms with Crippen molar-refractivity contribution in [3.63, 3.8) is 0 Å². The van der Waals surface area contributed by atoms with Gasteiger partial charge in [0.15, 0.2) is 0 Å². The first-order valence-electron chi connectivity index (χ1n) is 7.38. The second kappa shape index (κ2) is 9.04. The van der Waals surface area contributed by atoms with Crippen molar-refractivity contribution >= 4 is 0 Å². The highest BCUT2D eigenvalue weighted by atomic mass is 16.5. The molecule has 5 nitrogen and oxygen atoms in total. The van der Waals surface area contributed by atoms with Crippen LogP contribution in [0.3, 0.4) is 0 Å². The molecule has 0 bridgehead atoms. The maximum absolute atomic E-state index is 5.64. The van der Waals surface area contributed by atoms with Crippen LogP contribution in [0.25, 0.3) is 0 Å². The Kier molecular flexibility index (Phi) is 7.67. The van der Waals surface area contributed by atoms with Gasteiger partial charge in [-0.05, 0) is 38.6 Å². The third kappa shape index (κ3) is 5.70. The molecule has 0 aliphatic carbocycles. The summed E-state index contributed by atoms with van der Waals surface area (Å²) in [4.78, 5) is 0. The predicted molar refractivity (Wildman–Crippen MR) is 77.0 cm³/mol.